The van der Waals surface area contributed by atoms with Gasteiger partial charge < -0.3 is 19.5 Å². The molecule has 2 heterocycles. The molecule has 0 saturated carbocycles. The van der Waals surface area contributed by atoms with Gasteiger partial charge in [-0.3, -0.25) is 4.79 Å². The fourth-order valence-electron chi connectivity index (χ4n) is 3.15. The molecule has 1 fully saturated rings. The Kier molecular flexibility index (Phi) is 6.62. The maximum atomic E-state index is 12.5. The Labute approximate surface area is 164 Å². The van der Waals surface area contributed by atoms with Crippen molar-refractivity contribution in [1.29, 1.82) is 0 Å². The Bertz CT molecular complexity index is 796. The molecule has 2 aromatic rings. The van der Waals surface area contributed by atoms with Crippen LogP contribution in [0.2, 0.25) is 0 Å². The molecule has 1 saturated heterocycles. The molecule has 1 aromatic heterocycles. The molecular weight excluding hydrogens is 358 g/mol. The molecule has 1 aliphatic heterocycles. The zero-order valence-electron chi connectivity index (χ0n) is 16.5. The highest BCUT2D eigenvalue weighted by Gasteiger charge is 2.18. The van der Waals surface area contributed by atoms with Crippen molar-refractivity contribution < 1.29 is 14.0 Å². The molecule has 3 amide bonds. The first-order valence-corrected chi connectivity index (χ1v) is 9.83. The van der Waals surface area contributed by atoms with Crippen molar-refractivity contribution in [2.45, 2.75) is 46.1 Å². The van der Waals surface area contributed by atoms with Crippen molar-refractivity contribution in [2.75, 3.05) is 25.0 Å². The van der Waals surface area contributed by atoms with Crippen molar-refractivity contribution in [1.82, 2.24) is 20.0 Å². The van der Waals surface area contributed by atoms with Crippen LogP contribution in [-0.4, -0.2) is 51.6 Å². The minimum absolute atomic E-state index is 0.164. The first-order chi connectivity index (χ1) is 13.6. The van der Waals surface area contributed by atoms with Gasteiger partial charge in [0.25, 0.3) is 0 Å². The van der Waals surface area contributed by atoms with Gasteiger partial charge in [0.05, 0.1) is 6.42 Å². The lowest BCUT2D eigenvalue weighted by atomic mass is 10.1. The molecular formula is C20H27N5O3. The van der Waals surface area contributed by atoms with E-state index in [9.17, 15) is 9.59 Å². The fourth-order valence-corrected chi connectivity index (χ4v) is 3.15. The Morgan fingerprint density at radius 2 is 1.79 bits per heavy atom. The number of amides is 3. The summed E-state index contributed by atoms with van der Waals surface area (Å²) in [5, 5.41) is 10.8. The van der Waals surface area contributed by atoms with Crippen molar-refractivity contribution in [2.24, 2.45) is 0 Å². The van der Waals surface area contributed by atoms with E-state index in [0.29, 0.717) is 36.9 Å². The van der Waals surface area contributed by atoms with Gasteiger partial charge in [-0.05, 0) is 37.5 Å². The standard InChI is InChI=1S/C20H27N5O3/c1-3-17-22-23-18(28-17)14-24(4-2)20(27)21-16-9-7-15(8-10-16)13-19(26)25-11-5-6-12-25/h7-10H,3-6,11-14H2,1-2H3,(H,21,27). The fraction of sp³-hybridized carbons (Fsp3) is 0.500. The molecule has 28 heavy (non-hydrogen) atoms. The van der Waals surface area contributed by atoms with E-state index in [4.69, 9.17) is 4.42 Å². The first-order valence-electron chi connectivity index (χ1n) is 9.83. The number of rotatable bonds is 7. The van der Waals surface area contributed by atoms with Crippen LogP contribution in [0.25, 0.3) is 0 Å². The SMILES string of the molecule is CCc1nnc(CN(CC)C(=O)Nc2ccc(CC(=O)N3CCCC3)cc2)o1. The number of aromatic nitrogens is 2. The third kappa shape index (κ3) is 5.09. The molecule has 0 bridgehead atoms. The summed E-state index contributed by atoms with van der Waals surface area (Å²) in [6.07, 6.45) is 3.24. The van der Waals surface area contributed by atoms with E-state index in [-0.39, 0.29) is 18.5 Å². The number of likely N-dealkylation sites (tertiary alicyclic amines) is 1. The third-order valence-electron chi connectivity index (χ3n) is 4.83. The number of carbonyl (C=O) groups is 2. The van der Waals surface area contributed by atoms with Gasteiger partial charge in [-0.15, -0.1) is 10.2 Å². The molecule has 1 N–H and O–H groups in total. The Morgan fingerprint density at radius 3 is 2.39 bits per heavy atom. The monoisotopic (exact) mass is 385 g/mol. The van der Waals surface area contributed by atoms with Crippen LogP contribution in [0.15, 0.2) is 28.7 Å². The third-order valence-corrected chi connectivity index (χ3v) is 4.83. The summed E-state index contributed by atoms with van der Waals surface area (Å²) in [4.78, 5) is 28.3. The smallest absolute Gasteiger partial charge is 0.322 e. The lowest BCUT2D eigenvalue weighted by Gasteiger charge is -2.19. The van der Waals surface area contributed by atoms with E-state index in [1.54, 1.807) is 4.90 Å². The second kappa shape index (κ2) is 9.34. The topological polar surface area (TPSA) is 91.6 Å². The quantitative estimate of drug-likeness (QED) is 0.791. The summed E-state index contributed by atoms with van der Waals surface area (Å²) in [7, 11) is 0. The maximum Gasteiger partial charge on any atom is 0.322 e. The molecule has 0 atom stereocenters. The summed E-state index contributed by atoms with van der Waals surface area (Å²) in [6.45, 7) is 6.32. The molecule has 150 valence electrons. The van der Waals surface area contributed by atoms with Crippen LogP contribution in [-0.2, 0) is 24.2 Å². The van der Waals surface area contributed by atoms with Gasteiger partial charge in [-0.25, -0.2) is 4.79 Å². The van der Waals surface area contributed by atoms with Crippen molar-refractivity contribution in [3.8, 4) is 0 Å². The van der Waals surface area contributed by atoms with E-state index in [0.717, 1.165) is 31.5 Å². The number of aryl methyl sites for hydroxylation is 1. The van der Waals surface area contributed by atoms with Crippen LogP contribution in [0.1, 0.15) is 44.0 Å². The predicted octanol–water partition coefficient (Wildman–Crippen LogP) is 2.85. The van der Waals surface area contributed by atoms with Crippen molar-refractivity contribution >= 4 is 17.6 Å². The van der Waals surface area contributed by atoms with Crippen LogP contribution in [0, 0.1) is 0 Å². The number of carbonyl (C=O) groups excluding carboxylic acids is 2. The van der Waals surface area contributed by atoms with Gasteiger partial charge in [0.2, 0.25) is 17.7 Å². The normalized spacial score (nSPS) is 13.6. The summed E-state index contributed by atoms with van der Waals surface area (Å²) in [5.74, 6) is 1.15. The molecule has 1 aliphatic rings. The van der Waals surface area contributed by atoms with Crippen molar-refractivity contribution in [3.63, 3.8) is 0 Å². The molecule has 8 nitrogen and oxygen atoms in total. The number of urea groups is 1. The highest BCUT2D eigenvalue weighted by atomic mass is 16.4. The lowest BCUT2D eigenvalue weighted by Crippen LogP contribution is -2.34. The molecule has 0 unspecified atom stereocenters. The molecule has 0 radical (unpaired) electrons. The summed E-state index contributed by atoms with van der Waals surface area (Å²) in [6, 6.07) is 7.16. The zero-order valence-corrected chi connectivity index (χ0v) is 16.5. The molecule has 0 aliphatic carbocycles. The number of nitrogens with zero attached hydrogens (tertiary/aromatic N) is 4. The Balaban J connectivity index is 1.54. The second-order valence-corrected chi connectivity index (χ2v) is 6.85. The summed E-state index contributed by atoms with van der Waals surface area (Å²) < 4.78 is 5.48. The molecule has 0 spiro atoms. The van der Waals surface area contributed by atoms with Crippen LogP contribution < -0.4 is 5.32 Å². The van der Waals surface area contributed by atoms with E-state index >= 15 is 0 Å². The van der Waals surface area contributed by atoms with E-state index in [1.807, 2.05) is 43.0 Å². The number of hydrogen-bond acceptors (Lipinski definition) is 5. The molecule has 1 aromatic carbocycles. The highest BCUT2D eigenvalue weighted by molar-refractivity contribution is 5.89. The molecule has 3 rings (SSSR count). The Morgan fingerprint density at radius 1 is 1.11 bits per heavy atom. The van der Waals surface area contributed by atoms with Crippen LogP contribution in [0.3, 0.4) is 0 Å². The van der Waals surface area contributed by atoms with Crippen LogP contribution in [0.4, 0.5) is 10.5 Å². The highest BCUT2D eigenvalue weighted by Crippen LogP contribution is 2.15. The second-order valence-electron chi connectivity index (χ2n) is 6.85. The van der Waals surface area contributed by atoms with Gasteiger partial charge in [0, 0.05) is 31.7 Å². The Hall–Kier alpha value is -2.90. The van der Waals surface area contributed by atoms with E-state index in [2.05, 4.69) is 15.5 Å². The maximum absolute atomic E-state index is 12.5. The number of benzene rings is 1. The molecule has 8 heteroatoms. The van der Waals surface area contributed by atoms with Gasteiger partial charge in [0.15, 0.2) is 0 Å². The van der Waals surface area contributed by atoms with Gasteiger partial charge in [-0.1, -0.05) is 19.1 Å². The minimum Gasteiger partial charge on any atom is -0.423 e. The lowest BCUT2D eigenvalue weighted by molar-refractivity contribution is -0.129. The van der Waals surface area contributed by atoms with E-state index in [1.165, 1.54) is 0 Å². The summed E-state index contributed by atoms with van der Waals surface area (Å²) in [5.41, 5.74) is 1.63. The summed E-state index contributed by atoms with van der Waals surface area (Å²) >= 11 is 0. The van der Waals surface area contributed by atoms with Gasteiger partial charge >= 0.3 is 6.03 Å². The minimum atomic E-state index is -0.236. The first kappa shape index (κ1) is 19.9. The average Bonchev–Trinajstić information content (AvgIpc) is 3.39. The van der Waals surface area contributed by atoms with Gasteiger partial charge in [0.1, 0.15) is 6.54 Å². The van der Waals surface area contributed by atoms with Crippen LogP contribution in [0.5, 0.6) is 0 Å². The number of nitrogens with one attached hydrogen (secondary N) is 1. The van der Waals surface area contributed by atoms with Gasteiger partial charge in [-0.2, -0.15) is 0 Å². The van der Waals surface area contributed by atoms with Crippen LogP contribution >= 0.6 is 0 Å². The van der Waals surface area contributed by atoms with Crippen molar-refractivity contribution in [3.05, 3.63) is 41.6 Å². The number of hydrogen-bond donors (Lipinski definition) is 1. The van der Waals surface area contributed by atoms with E-state index < -0.39 is 0 Å². The predicted molar refractivity (Wildman–Crippen MR) is 105 cm³/mol. The zero-order chi connectivity index (χ0) is 19.9. The largest absolute Gasteiger partial charge is 0.423 e. The average molecular weight is 385 g/mol. The number of anilines is 1.